The fraction of sp³-hybridized carbons (Fsp3) is 0.593. The first-order valence-electron chi connectivity index (χ1n) is 11.4. The second-order valence-electron chi connectivity index (χ2n) is 10.5. The molecule has 2 aliphatic rings. The van der Waals surface area contributed by atoms with Gasteiger partial charge in [-0.2, -0.15) is 0 Å². The second-order valence-corrected chi connectivity index (χ2v) is 10.5. The van der Waals surface area contributed by atoms with Crippen molar-refractivity contribution in [3.8, 4) is 5.75 Å². The lowest BCUT2D eigenvalue weighted by atomic mass is 9.47. The quantitative estimate of drug-likeness (QED) is 0.489. The molecule has 0 aliphatic heterocycles. The first kappa shape index (κ1) is 22.7. The second kappa shape index (κ2) is 8.61. The zero-order chi connectivity index (χ0) is 22.1. The molecule has 1 fully saturated rings. The van der Waals surface area contributed by atoms with E-state index >= 15 is 0 Å². The number of carbonyl (C=O) groups is 1. The number of fused-ring (bicyclic) bond motifs is 1. The lowest BCUT2D eigenvalue weighted by Crippen LogP contribution is -2.50. The molecule has 3 nitrogen and oxygen atoms in total. The molecule has 0 unspecified atom stereocenters. The SMILES string of the molecule is CC(C)=CCC[C@@]1(C)CCC[C@]2(C)[C@@H](Cc3cc(C(=O)O)ccc3O)C(C)=CC[C@@H]12. The maximum absolute atomic E-state index is 11.4. The molecule has 2 aliphatic carbocycles. The molecule has 1 saturated carbocycles. The van der Waals surface area contributed by atoms with Crippen molar-refractivity contribution in [3.05, 3.63) is 52.6 Å². The van der Waals surface area contributed by atoms with Gasteiger partial charge in [-0.3, -0.25) is 0 Å². The number of carboxylic acids is 1. The summed E-state index contributed by atoms with van der Waals surface area (Å²) < 4.78 is 0. The fourth-order valence-corrected chi connectivity index (χ4v) is 6.44. The number of aromatic hydroxyl groups is 1. The molecule has 0 heterocycles. The molecule has 4 atom stereocenters. The number of hydrogen-bond acceptors (Lipinski definition) is 2. The van der Waals surface area contributed by atoms with Gasteiger partial charge in [0, 0.05) is 0 Å². The van der Waals surface area contributed by atoms with Crippen molar-refractivity contribution in [2.75, 3.05) is 0 Å². The summed E-state index contributed by atoms with van der Waals surface area (Å²) in [4.78, 5) is 11.4. The van der Waals surface area contributed by atoms with E-state index in [0.29, 0.717) is 23.7 Å². The zero-order valence-electron chi connectivity index (χ0n) is 19.3. The van der Waals surface area contributed by atoms with Gasteiger partial charge in [-0.25, -0.2) is 4.79 Å². The third-order valence-electron chi connectivity index (χ3n) is 8.14. The van der Waals surface area contributed by atoms with Gasteiger partial charge >= 0.3 is 5.97 Å². The highest BCUT2D eigenvalue weighted by atomic mass is 16.4. The van der Waals surface area contributed by atoms with Crippen LogP contribution in [-0.4, -0.2) is 16.2 Å². The van der Waals surface area contributed by atoms with E-state index in [0.717, 1.165) is 18.4 Å². The van der Waals surface area contributed by atoms with Crippen LogP contribution in [0.5, 0.6) is 5.75 Å². The molecule has 0 aromatic heterocycles. The number of phenols is 1. The molecule has 3 heteroatoms. The average Bonchev–Trinajstić information content (AvgIpc) is 2.65. The van der Waals surface area contributed by atoms with E-state index < -0.39 is 5.97 Å². The van der Waals surface area contributed by atoms with Gasteiger partial charge < -0.3 is 10.2 Å². The summed E-state index contributed by atoms with van der Waals surface area (Å²) in [6.07, 6.45) is 12.7. The van der Waals surface area contributed by atoms with Crippen LogP contribution in [0, 0.1) is 22.7 Å². The molecule has 164 valence electrons. The molecule has 30 heavy (non-hydrogen) atoms. The number of benzene rings is 1. The summed E-state index contributed by atoms with van der Waals surface area (Å²) in [5.74, 6) is 0.207. The van der Waals surface area contributed by atoms with E-state index in [4.69, 9.17) is 0 Å². The monoisotopic (exact) mass is 410 g/mol. The summed E-state index contributed by atoms with van der Waals surface area (Å²) in [6.45, 7) is 11.5. The van der Waals surface area contributed by atoms with Gasteiger partial charge in [-0.1, -0.05) is 43.6 Å². The minimum absolute atomic E-state index is 0.169. The standard InChI is InChI=1S/C27H38O3/c1-18(2)8-6-13-26(4)14-7-15-27(5)22(19(3)9-12-24(26)27)17-21-16-20(25(29)30)10-11-23(21)28/h8-11,16,22,24,28H,6-7,12-15,17H2,1-5H3,(H,29,30)/t22-,24-,26-,27+/m0/s1. The van der Waals surface area contributed by atoms with E-state index in [2.05, 4.69) is 46.8 Å². The Kier molecular flexibility index (Phi) is 6.50. The first-order chi connectivity index (χ1) is 14.1. The number of allylic oxidation sites excluding steroid dienone is 4. The minimum Gasteiger partial charge on any atom is -0.508 e. The van der Waals surface area contributed by atoms with Gasteiger partial charge in [0.15, 0.2) is 0 Å². The molecule has 0 radical (unpaired) electrons. The minimum atomic E-state index is -0.944. The molecule has 0 bridgehead atoms. The smallest absolute Gasteiger partial charge is 0.335 e. The Hall–Kier alpha value is -2.03. The van der Waals surface area contributed by atoms with Crippen molar-refractivity contribution in [2.24, 2.45) is 22.7 Å². The fourth-order valence-electron chi connectivity index (χ4n) is 6.44. The van der Waals surface area contributed by atoms with E-state index in [-0.39, 0.29) is 16.7 Å². The van der Waals surface area contributed by atoms with Crippen LogP contribution in [-0.2, 0) is 6.42 Å². The van der Waals surface area contributed by atoms with Crippen molar-refractivity contribution in [3.63, 3.8) is 0 Å². The third-order valence-corrected chi connectivity index (χ3v) is 8.14. The number of phenolic OH excluding ortho intramolecular Hbond substituents is 1. The maximum atomic E-state index is 11.4. The summed E-state index contributed by atoms with van der Waals surface area (Å²) in [5.41, 5.74) is 4.27. The van der Waals surface area contributed by atoms with Crippen LogP contribution in [0.25, 0.3) is 0 Å². The highest BCUT2D eigenvalue weighted by Gasteiger charge is 2.53. The van der Waals surface area contributed by atoms with E-state index in [1.807, 2.05) is 0 Å². The Morgan fingerprint density at radius 2 is 1.97 bits per heavy atom. The van der Waals surface area contributed by atoms with Crippen LogP contribution in [0.15, 0.2) is 41.5 Å². The van der Waals surface area contributed by atoms with E-state index in [9.17, 15) is 15.0 Å². The van der Waals surface area contributed by atoms with Gasteiger partial charge in [-0.15, -0.1) is 0 Å². The molecule has 0 saturated heterocycles. The summed E-state index contributed by atoms with van der Waals surface area (Å²) in [6, 6.07) is 4.68. The van der Waals surface area contributed by atoms with Crippen LogP contribution in [0.4, 0.5) is 0 Å². The predicted molar refractivity (Wildman–Crippen MR) is 123 cm³/mol. The van der Waals surface area contributed by atoms with Crippen LogP contribution in [0.3, 0.4) is 0 Å². The van der Waals surface area contributed by atoms with Gasteiger partial charge in [0.2, 0.25) is 0 Å². The van der Waals surface area contributed by atoms with Crippen molar-refractivity contribution in [1.82, 2.24) is 0 Å². The summed E-state index contributed by atoms with van der Waals surface area (Å²) in [5, 5.41) is 19.9. The molecule has 2 N–H and O–H groups in total. The molecular formula is C27H38O3. The highest BCUT2D eigenvalue weighted by Crippen LogP contribution is 2.61. The Morgan fingerprint density at radius 3 is 2.63 bits per heavy atom. The first-order valence-corrected chi connectivity index (χ1v) is 11.4. The van der Waals surface area contributed by atoms with Crippen LogP contribution < -0.4 is 0 Å². The highest BCUT2D eigenvalue weighted by molar-refractivity contribution is 5.88. The Morgan fingerprint density at radius 1 is 1.23 bits per heavy atom. The topological polar surface area (TPSA) is 57.5 Å². The van der Waals surface area contributed by atoms with Crippen LogP contribution in [0.1, 0.15) is 89.1 Å². The van der Waals surface area contributed by atoms with Crippen LogP contribution >= 0.6 is 0 Å². The zero-order valence-corrected chi connectivity index (χ0v) is 19.3. The number of rotatable bonds is 6. The van der Waals surface area contributed by atoms with Gasteiger partial charge in [-0.05, 0) is 106 Å². The number of aromatic carboxylic acids is 1. The summed E-state index contributed by atoms with van der Waals surface area (Å²) in [7, 11) is 0. The third kappa shape index (κ3) is 4.36. The van der Waals surface area contributed by atoms with Crippen molar-refractivity contribution in [1.29, 1.82) is 0 Å². The van der Waals surface area contributed by atoms with E-state index in [1.165, 1.54) is 49.0 Å². The Balaban J connectivity index is 1.92. The van der Waals surface area contributed by atoms with Crippen molar-refractivity contribution < 1.29 is 15.0 Å². The van der Waals surface area contributed by atoms with Crippen molar-refractivity contribution >= 4 is 5.97 Å². The molecule has 0 amide bonds. The maximum Gasteiger partial charge on any atom is 0.335 e. The normalized spacial score (nSPS) is 30.9. The van der Waals surface area contributed by atoms with Crippen LogP contribution in [0.2, 0.25) is 0 Å². The lowest BCUT2D eigenvalue weighted by molar-refractivity contribution is -0.0506. The van der Waals surface area contributed by atoms with Gasteiger partial charge in [0.25, 0.3) is 0 Å². The molecule has 1 aromatic carbocycles. The van der Waals surface area contributed by atoms with Crippen molar-refractivity contribution in [2.45, 2.75) is 79.6 Å². The number of hydrogen-bond donors (Lipinski definition) is 2. The largest absolute Gasteiger partial charge is 0.508 e. The predicted octanol–water partition coefficient (Wildman–Crippen LogP) is 7.16. The molecule has 0 spiro atoms. The van der Waals surface area contributed by atoms with Gasteiger partial charge in [0.1, 0.15) is 5.75 Å². The Bertz CT molecular complexity index is 861. The van der Waals surface area contributed by atoms with E-state index in [1.54, 1.807) is 6.07 Å². The molecule has 1 aromatic rings. The number of carboxylic acid groups (broad SMARTS) is 1. The average molecular weight is 411 g/mol. The molecule has 3 rings (SSSR count). The molecular weight excluding hydrogens is 372 g/mol. The summed E-state index contributed by atoms with van der Waals surface area (Å²) >= 11 is 0. The van der Waals surface area contributed by atoms with Gasteiger partial charge in [0.05, 0.1) is 5.56 Å². The Labute approximate surface area is 181 Å². The lowest BCUT2D eigenvalue weighted by Gasteiger charge is -2.58.